The number of hydrogen-bond donors (Lipinski definition) is 5. The zero-order chi connectivity index (χ0) is 48.8. The lowest BCUT2D eigenvalue weighted by Crippen LogP contribution is -2.46. The van der Waals surface area contributed by atoms with Crippen LogP contribution >= 0.6 is 0 Å². The molecule has 0 bridgehead atoms. The molecule has 3 atom stereocenters. The molecule has 0 aliphatic rings. The molecule has 0 aromatic heterocycles. The van der Waals surface area contributed by atoms with Gasteiger partial charge in [0.15, 0.2) is 18.3 Å². The van der Waals surface area contributed by atoms with Crippen LogP contribution in [0.1, 0.15) is 91.0 Å². The number of unbranched alkanes of at least 4 members (excludes halogenated alkanes) is 1. The van der Waals surface area contributed by atoms with Crippen molar-refractivity contribution in [3.8, 4) is 22.6 Å². The summed E-state index contributed by atoms with van der Waals surface area (Å²) in [4.78, 5) is 59.5. The van der Waals surface area contributed by atoms with E-state index >= 15 is 0 Å². The second kappa shape index (κ2) is 27.4. The topological polar surface area (TPSA) is 210 Å². The van der Waals surface area contributed by atoms with Gasteiger partial charge in [-0.2, -0.15) is 0 Å². The summed E-state index contributed by atoms with van der Waals surface area (Å²) < 4.78 is 18.6. The number of Topliss-reactive ketones (excluding diaryl/α,β-unsaturated/α-hetero) is 1. The largest absolute Gasteiger partial charge is 0.493 e. The lowest BCUT2D eigenvalue weighted by Gasteiger charge is -2.24. The van der Waals surface area contributed by atoms with Crippen molar-refractivity contribution in [3.05, 3.63) is 109 Å². The SMILES string of the molecule is CC(C)CCOc1ccc2ccccc2c1-c1c(OCC(=O)N[C@H](CCCCN)C(=O)CC[C@H](CCCN=C(N)N)C(=O)N[C@@H](CC(C)C)C(=O)OCCc2ccccc2)ccc2ccccc12. The van der Waals surface area contributed by atoms with Crippen molar-refractivity contribution >= 4 is 51.1 Å². The molecule has 0 spiro atoms. The lowest BCUT2D eigenvalue weighted by atomic mass is 9.92. The highest BCUT2D eigenvalue weighted by molar-refractivity contribution is 6.10. The molecule has 0 aliphatic heterocycles. The van der Waals surface area contributed by atoms with Gasteiger partial charge in [0.1, 0.15) is 17.5 Å². The highest BCUT2D eigenvalue weighted by Gasteiger charge is 2.29. The standard InChI is InChI=1S/C55H72N6O7/c1-37(2)29-33-66-48-27-24-40-17-8-10-20-43(40)51(48)52-44-21-11-9-18-41(44)25-28-49(52)68-36-50(63)60-45(22-12-13-31-56)47(62)26-23-42(19-14-32-59-55(57)58)53(64)61-46(35-38(3)4)54(65)67-34-30-39-15-6-5-7-16-39/h5-11,15-18,20-21,24-25,27-28,37-38,42,45-46H,12-14,19,22-23,26,29-36,56H2,1-4H3,(H,60,63)(H,61,64)(H4,57,58,59)/t42-,45+,46-/m0/s1. The molecule has 0 heterocycles. The fourth-order valence-corrected chi connectivity index (χ4v) is 8.28. The van der Waals surface area contributed by atoms with E-state index in [4.69, 9.17) is 31.4 Å². The minimum absolute atomic E-state index is 0.000665. The van der Waals surface area contributed by atoms with Crippen molar-refractivity contribution in [2.24, 2.45) is 39.9 Å². The van der Waals surface area contributed by atoms with E-state index in [-0.39, 0.29) is 49.6 Å². The Bertz CT molecular complexity index is 2430. The molecular formula is C55H72N6O7. The molecule has 5 aromatic carbocycles. The van der Waals surface area contributed by atoms with Gasteiger partial charge in [-0.05, 0) is 109 Å². The Hall–Kier alpha value is -6.47. The van der Waals surface area contributed by atoms with Gasteiger partial charge < -0.3 is 42.0 Å². The quantitative estimate of drug-likeness (QED) is 0.0134. The van der Waals surface area contributed by atoms with Crippen molar-refractivity contribution in [1.29, 1.82) is 0 Å². The first-order chi connectivity index (χ1) is 32.8. The van der Waals surface area contributed by atoms with E-state index in [1.807, 2.05) is 98.8 Å². The highest BCUT2D eigenvalue weighted by atomic mass is 16.5. The van der Waals surface area contributed by atoms with Crippen molar-refractivity contribution in [3.63, 3.8) is 0 Å². The number of fused-ring (bicyclic) bond motifs is 2. The summed E-state index contributed by atoms with van der Waals surface area (Å²) >= 11 is 0. The molecule has 5 aromatic rings. The van der Waals surface area contributed by atoms with E-state index < -0.39 is 29.9 Å². The minimum Gasteiger partial charge on any atom is -0.493 e. The maximum Gasteiger partial charge on any atom is 0.328 e. The Labute approximate surface area is 401 Å². The summed E-state index contributed by atoms with van der Waals surface area (Å²) in [6, 6.07) is 32.1. The molecule has 0 unspecified atom stereocenters. The summed E-state index contributed by atoms with van der Waals surface area (Å²) in [5.41, 5.74) is 19.7. The number of carbonyl (C=O) groups is 4. The zero-order valence-electron chi connectivity index (χ0n) is 40.3. The number of guanidine groups is 1. The van der Waals surface area contributed by atoms with Crippen LogP contribution in [0.4, 0.5) is 0 Å². The molecule has 0 saturated carbocycles. The molecule has 8 N–H and O–H groups in total. The predicted molar refractivity (Wildman–Crippen MR) is 272 cm³/mol. The first-order valence-corrected chi connectivity index (χ1v) is 24.2. The fourth-order valence-electron chi connectivity index (χ4n) is 8.28. The van der Waals surface area contributed by atoms with Gasteiger partial charge in [0, 0.05) is 36.4 Å². The van der Waals surface area contributed by atoms with Gasteiger partial charge in [0.05, 0.1) is 19.3 Å². The number of nitrogens with zero attached hydrogens (tertiary/aromatic N) is 1. The van der Waals surface area contributed by atoms with Crippen LogP contribution in [-0.4, -0.2) is 74.5 Å². The van der Waals surface area contributed by atoms with Gasteiger partial charge >= 0.3 is 5.97 Å². The third-order valence-corrected chi connectivity index (χ3v) is 11.9. The Morgan fingerprint density at radius 1 is 0.632 bits per heavy atom. The number of aliphatic imine (C=N–C) groups is 1. The van der Waals surface area contributed by atoms with E-state index in [1.165, 1.54) is 0 Å². The number of esters is 1. The van der Waals surface area contributed by atoms with Crippen LogP contribution in [0, 0.1) is 17.8 Å². The van der Waals surface area contributed by atoms with Crippen LogP contribution in [-0.2, 0) is 30.3 Å². The van der Waals surface area contributed by atoms with Crippen LogP contribution in [0.2, 0.25) is 0 Å². The van der Waals surface area contributed by atoms with Crippen molar-refractivity contribution in [1.82, 2.24) is 10.6 Å². The van der Waals surface area contributed by atoms with Gasteiger partial charge in [-0.15, -0.1) is 0 Å². The molecular weight excluding hydrogens is 857 g/mol. The number of carbonyl (C=O) groups excluding carboxylic acids is 4. The Morgan fingerprint density at radius 3 is 1.88 bits per heavy atom. The Balaban J connectivity index is 1.32. The molecule has 364 valence electrons. The smallest absolute Gasteiger partial charge is 0.328 e. The van der Waals surface area contributed by atoms with Gasteiger partial charge in [-0.1, -0.05) is 119 Å². The van der Waals surface area contributed by atoms with E-state index in [2.05, 4.69) is 47.7 Å². The van der Waals surface area contributed by atoms with Crippen LogP contribution in [0.15, 0.2) is 108 Å². The van der Waals surface area contributed by atoms with E-state index in [0.29, 0.717) is 76.3 Å². The predicted octanol–water partition coefficient (Wildman–Crippen LogP) is 8.41. The van der Waals surface area contributed by atoms with Crippen LogP contribution in [0.5, 0.6) is 11.5 Å². The van der Waals surface area contributed by atoms with E-state index in [0.717, 1.165) is 50.4 Å². The second-order valence-corrected chi connectivity index (χ2v) is 18.3. The molecule has 0 aliphatic carbocycles. The minimum atomic E-state index is -0.870. The van der Waals surface area contributed by atoms with Gasteiger partial charge in [-0.25, -0.2) is 4.79 Å². The molecule has 68 heavy (non-hydrogen) atoms. The number of ketones is 1. The van der Waals surface area contributed by atoms with E-state index in [9.17, 15) is 19.2 Å². The van der Waals surface area contributed by atoms with Gasteiger partial charge in [-0.3, -0.25) is 19.4 Å². The maximum atomic E-state index is 14.1. The van der Waals surface area contributed by atoms with Crippen molar-refractivity contribution in [2.45, 2.75) is 104 Å². The average molecular weight is 929 g/mol. The highest BCUT2D eigenvalue weighted by Crippen LogP contribution is 2.45. The monoisotopic (exact) mass is 929 g/mol. The number of ether oxygens (including phenoxy) is 3. The molecule has 2 amide bonds. The number of nitrogens with one attached hydrogen (secondary N) is 2. The molecule has 13 nitrogen and oxygen atoms in total. The average Bonchev–Trinajstić information content (AvgIpc) is 3.32. The lowest BCUT2D eigenvalue weighted by molar-refractivity contribution is -0.148. The molecule has 0 fully saturated rings. The first kappa shape index (κ1) is 52.5. The summed E-state index contributed by atoms with van der Waals surface area (Å²) in [7, 11) is 0. The zero-order valence-corrected chi connectivity index (χ0v) is 40.3. The number of rotatable bonds is 29. The van der Waals surface area contributed by atoms with E-state index in [1.54, 1.807) is 0 Å². The van der Waals surface area contributed by atoms with Crippen LogP contribution in [0.3, 0.4) is 0 Å². The molecule has 13 heteroatoms. The Morgan fingerprint density at radius 2 is 1.26 bits per heavy atom. The third kappa shape index (κ3) is 16.4. The summed E-state index contributed by atoms with van der Waals surface area (Å²) in [6.07, 6.45) is 4.45. The second-order valence-electron chi connectivity index (χ2n) is 18.3. The molecule has 0 saturated heterocycles. The summed E-state index contributed by atoms with van der Waals surface area (Å²) in [5.74, 6) is -0.495. The Kier molecular flexibility index (Phi) is 21.1. The third-order valence-electron chi connectivity index (χ3n) is 11.9. The van der Waals surface area contributed by atoms with Gasteiger partial charge in [0.2, 0.25) is 5.91 Å². The fraction of sp³-hybridized carbons (Fsp3) is 0.436. The van der Waals surface area contributed by atoms with Crippen molar-refractivity contribution < 1.29 is 33.4 Å². The van der Waals surface area contributed by atoms with Gasteiger partial charge in [0.25, 0.3) is 5.91 Å². The van der Waals surface area contributed by atoms with Crippen LogP contribution < -0.4 is 37.3 Å². The summed E-state index contributed by atoms with van der Waals surface area (Å²) in [5, 5.41) is 9.87. The van der Waals surface area contributed by atoms with Crippen LogP contribution in [0.25, 0.3) is 32.7 Å². The number of benzene rings is 5. The maximum absolute atomic E-state index is 14.1. The molecule has 0 radical (unpaired) electrons. The number of amides is 2. The summed E-state index contributed by atoms with van der Waals surface area (Å²) in [6.45, 7) is 9.36. The van der Waals surface area contributed by atoms with Crippen molar-refractivity contribution in [2.75, 3.05) is 32.9 Å². The number of hydrogen-bond acceptors (Lipinski definition) is 9. The first-order valence-electron chi connectivity index (χ1n) is 24.2. The normalized spacial score (nSPS) is 12.6. The molecule has 5 rings (SSSR count). The number of nitrogens with two attached hydrogens (primary N) is 3.